The SMILES string of the molecule is Cc1sc2ncn([C@@H](C)C(=O)Nc3ccc(Oc4ccccc4)cc3)c(=O)c2c1C. The summed E-state index contributed by atoms with van der Waals surface area (Å²) in [6.45, 7) is 5.56. The van der Waals surface area contributed by atoms with Gasteiger partial charge in [0.05, 0.1) is 11.7 Å². The number of rotatable bonds is 5. The standard InChI is InChI=1S/C23H21N3O3S/c1-14-16(3)30-22-20(14)23(28)26(13-24-22)15(2)21(27)25-17-9-11-19(12-10-17)29-18-7-5-4-6-8-18/h4-13,15H,1-3H3,(H,25,27)/t15-/m0/s1. The van der Waals surface area contributed by atoms with Gasteiger partial charge in [-0.2, -0.15) is 0 Å². The number of carbonyl (C=O) groups is 1. The number of nitrogens with one attached hydrogen (secondary N) is 1. The first-order valence-electron chi connectivity index (χ1n) is 9.54. The molecule has 0 aliphatic heterocycles. The average molecular weight is 420 g/mol. The van der Waals surface area contributed by atoms with Crippen LogP contribution in [0.15, 0.2) is 65.7 Å². The molecule has 0 saturated carbocycles. The fourth-order valence-electron chi connectivity index (χ4n) is 3.13. The molecule has 152 valence electrons. The molecule has 4 rings (SSSR count). The van der Waals surface area contributed by atoms with Crippen molar-refractivity contribution in [1.29, 1.82) is 0 Å². The summed E-state index contributed by atoms with van der Waals surface area (Å²) in [5.41, 5.74) is 1.34. The highest BCUT2D eigenvalue weighted by Crippen LogP contribution is 2.26. The number of aromatic nitrogens is 2. The molecule has 1 amide bonds. The minimum Gasteiger partial charge on any atom is -0.457 e. The minimum absolute atomic E-state index is 0.198. The highest BCUT2D eigenvalue weighted by molar-refractivity contribution is 7.18. The van der Waals surface area contributed by atoms with Crippen LogP contribution in [-0.4, -0.2) is 15.5 Å². The zero-order valence-corrected chi connectivity index (χ0v) is 17.7. The summed E-state index contributed by atoms with van der Waals surface area (Å²) in [5, 5.41) is 3.43. The van der Waals surface area contributed by atoms with Crippen LogP contribution >= 0.6 is 11.3 Å². The van der Waals surface area contributed by atoms with Crippen molar-refractivity contribution in [2.45, 2.75) is 26.8 Å². The van der Waals surface area contributed by atoms with Gasteiger partial charge in [-0.25, -0.2) is 4.98 Å². The molecule has 7 heteroatoms. The molecule has 2 aromatic carbocycles. The lowest BCUT2D eigenvalue weighted by molar-refractivity contribution is -0.118. The van der Waals surface area contributed by atoms with Gasteiger partial charge in [-0.3, -0.25) is 14.2 Å². The number of hydrogen-bond donors (Lipinski definition) is 1. The largest absolute Gasteiger partial charge is 0.457 e. The van der Waals surface area contributed by atoms with E-state index >= 15 is 0 Å². The third-order valence-corrected chi connectivity index (χ3v) is 6.13. The Balaban J connectivity index is 1.50. The first kappa shape index (κ1) is 19.8. The second kappa shape index (κ2) is 8.12. The van der Waals surface area contributed by atoms with E-state index in [2.05, 4.69) is 10.3 Å². The lowest BCUT2D eigenvalue weighted by Crippen LogP contribution is -2.31. The van der Waals surface area contributed by atoms with Gasteiger partial charge in [0.15, 0.2) is 0 Å². The summed E-state index contributed by atoms with van der Waals surface area (Å²) < 4.78 is 7.14. The smallest absolute Gasteiger partial charge is 0.263 e. The van der Waals surface area contributed by atoms with Crippen LogP contribution in [-0.2, 0) is 4.79 Å². The lowest BCUT2D eigenvalue weighted by Gasteiger charge is -2.15. The second-order valence-corrected chi connectivity index (χ2v) is 8.23. The molecule has 1 atom stereocenters. The van der Waals surface area contributed by atoms with Crippen LogP contribution in [0.2, 0.25) is 0 Å². The minimum atomic E-state index is -0.700. The predicted molar refractivity (Wildman–Crippen MR) is 120 cm³/mol. The number of benzene rings is 2. The molecule has 0 bridgehead atoms. The lowest BCUT2D eigenvalue weighted by atomic mass is 10.2. The van der Waals surface area contributed by atoms with Crippen LogP contribution in [0.25, 0.3) is 10.2 Å². The Kier molecular flexibility index (Phi) is 5.37. The molecule has 0 aliphatic rings. The van der Waals surface area contributed by atoms with E-state index in [-0.39, 0.29) is 11.5 Å². The van der Waals surface area contributed by atoms with E-state index in [1.807, 2.05) is 44.2 Å². The van der Waals surface area contributed by atoms with Gasteiger partial charge in [0.25, 0.3) is 5.56 Å². The van der Waals surface area contributed by atoms with Gasteiger partial charge >= 0.3 is 0 Å². The fourth-order valence-corrected chi connectivity index (χ4v) is 4.12. The Morgan fingerprint density at radius 1 is 1.07 bits per heavy atom. The van der Waals surface area contributed by atoms with Gasteiger partial charge in [-0.15, -0.1) is 11.3 Å². The van der Waals surface area contributed by atoms with E-state index in [1.165, 1.54) is 22.2 Å². The van der Waals surface area contributed by atoms with Gasteiger partial charge in [0.1, 0.15) is 22.4 Å². The van der Waals surface area contributed by atoms with Crippen LogP contribution < -0.4 is 15.6 Å². The van der Waals surface area contributed by atoms with Crippen molar-refractivity contribution in [2.75, 3.05) is 5.32 Å². The van der Waals surface area contributed by atoms with Crippen LogP contribution in [0.3, 0.4) is 0 Å². The van der Waals surface area contributed by atoms with Crippen molar-refractivity contribution in [3.05, 3.63) is 81.7 Å². The second-order valence-electron chi connectivity index (χ2n) is 7.03. The molecule has 0 radical (unpaired) electrons. The zero-order valence-electron chi connectivity index (χ0n) is 16.9. The van der Waals surface area contributed by atoms with Gasteiger partial charge < -0.3 is 10.1 Å². The molecule has 0 spiro atoms. The van der Waals surface area contributed by atoms with Crippen molar-refractivity contribution in [3.63, 3.8) is 0 Å². The number of anilines is 1. The van der Waals surface area contributed by atoms with E-state index in [4.69, 9.17) is 4.74 Å². The summed E-state index contributed by atoms with van der Waals surface area (Å²) >= 11 is 1.49. The number of aryl methyl sites for hydroxylation is 2. The maximum Gasteiger partial charge on any atom is 0.263 e. The molecule has 30 heavy (non-hydrogen) atoms. The molecule has 0 unspecified atom stereocenters. The van der Waals surface area contributed by atoms with Crippen molar-refractivity contribution < 1.29 is 9.53 Å². The summed E-state index contributed by atoms with van der Waals surface area (Å²) in [6.07, 6.45) is 1.45. The van der Waals surface area contributed by atoms with Gasteiger partial charge in [0, 0.05) is 10.6 Å². The van der Waals surface area contributed by atoms with E-state index in [9.17, 15) is 9.59 Å². The number of fused-ring (bicyclic) bond motifs is 1. The third kappa shape index (κ3) is 3.84. The topological polar surface area (TPSA) is 73.2 Å². The van der Waals surface area contributed by atoms with Crippen LogP contribution in [0, 0.1) is 13.8 Å². The summed E-state index contributed by atoms with van der Waals surface area (Å²) in [7, 11) is 0. The predicted octanol–water partition coefficient (Wildman–Crippen LogP) is 5.07. The fraction of sp³-hybridized carbons (Fsp3) is 0.174. The summed E-state index contributed by atoms with van der Waals surface area (Å²) in [4.78, 5) is 31.8. The average Bonchev–Trinajstić information content (AvgIpc) is 3.04. The number of ether oxygens (including phenoxy) is 1. The summed E-state index contributed by atoms with van der Waals surface area (Å²) in [5.74, 6) is 1.12. The van der Waals surface area contributed by atoms with Crippen LogP contribution in [0.5, 0.6) is 11.5 Å². The Morgan fingerprint density at radius 2 is 1.73 bits per heavy atom. The molecule has 4 aromatic rings. The van der Waals surface area contributed by atoms with E-state index in [0.717, 1.165) is 16.2 Å². The van der Waals surface area contributed by atoms with Crippen molar-refractivity contribution in [2.24, 2.45) is 0 Å². The Labute approximate surface area is 177 Å². The van der Waals surface area contributed by atoms with Gasteiger partial charge in [0.2, 0.25) is 5.91 Å². The first-order chi connectivity index (χ1) is 14.4. The number of thiophene rings is 1. The van der Waals surface area contributed by atoms with E-state index in [1.54, 1.807) is 31.2 Å². The quantitative estimate of drug-likeness (QED) is 0.490. The number of amides is 1. The molecular formula is C23H21N3O3S. The van der Waals surface area contributed by atoms with Crippen molar-refractivity contribution in [1.82, 2.24) is 9.55 Å². The zero-order chi connectivity index (χ0) is 21.3. The Morgan fingerprint density at radius 3 is 2.43 bits per heavy atom. The Hall–Kier alpha value is -3.45. The number of para-hydroxylation sites is 1. The number of carbonyl (C=O) groups excluding carboxylic acids is 1. The Bertz CT molecular complexity index is 1260. The normalized spacial score (nSPS) is 12.0. The van der Waals surface area contributed by atoms with Gasteiger partial charge in [-0.05, 0) is 62.7 Å². The van der Waals surface area contributed by atoms with Crippen LogP contribution in [0.1, 0.15) is 23.4 Å². The molecule has 1 N–H and O–H groups in total. The summed E-state index contributed by atoms with van der Waals surface area (Å²) in [6, 6.07) is 15.9. The molecule has 6 nitrogen and oxygen atoms in total. The highest BCUT2D eigenvalue weighted by atomic mass is 32.1. The number of hydrogen-bond acceptors (Lipinski definition) is 5. The highest BCUT2D eigenvalue weighted by Gasteiger charge is 2.20. The molecule has 2 aromatic heterocycles. The number of nitrogens with zero attached hydrogens (tertiary/aromatic N) is 2. The molecule has 0 aliphatic carbocycles. The first-order valence-corrected chi connectivity index (χ1v) is 10.4. The van der Waals surface area contributed by atoms with E-state index < -0.39 is 6.04 Å². The molecule has 2 heterocycles. The van der Waals surface area contributed by atoms with Crippen molar-refractivity contribution >= 4 is 33.1 Å². The third-order valence-electron chi connectivity index (χ3n) is 5.01. The van der Waals surface area contributed by atoms with Gasteiger partial charge in [-0.1, -0.05) is 18.2 Å². The van der Waals surface area contributed by atoms with Crippen molar-refractivity contribution in [3.8, 4) is 11.5 Å². The van der Waals surface area contributed by atoms with E-state index in [0.29, 0.717) is 21.7 Å². The molecule has 0 saturated heterocycles. The molecule has 0 fully saturated rings. The maximum atomic E-state index is 12.9. The molecular weight excluding hydrogens is 398 g/mol. The van der Waals surface area contributed by atoms with Crippen LogP contribution in [0.4, 0.5) is 5.69 Å². The monoisotopic (exact) mass is 419 g/mol. The maximum absolute atomic E-state index is 12.9.